The summed E-state index contributed by atoms with van der Waals surface area (Å²) in [5.41, 5.74) is 0.380. The predicted octanol–water partition coefficient (Wildman–Crippen LogP) is 2.39. The van der Waals surface area contributed by atoms with E-state index in [4.69, 9.17) is 4.74 Å². The fraction of sp³-hybridized carbons (Fsp3) is 0.647. The Morgan fingerprint density at radius 2 is 2.12 bits per heavy atom. The van der Waals surface area contributed by atoms with Crippen molar-refractivity contribution in [3.63, 3.8) is 0 Å². The third kappa shape index (κ3) is 5.42. The summed E-state index contributed by atoms with van der Waals surface area (Å²) < 4.78 is 7.03. The molecule has 0 bridgehead atoms. The third-order valence-corrected chi connectivity index (χ3v) is 4.82. The number of carbonyl (C=O) groups is 2. The van der Waals surface area contributed by atoms with Gasteiger partial charge in [0.25, 0.3) is 0 Å². The Morgan fingerprint density at radius 1 is 1.38 bits per heavy atom. The van der Waals surface area contributed by atoms with Gasteiger partial charge in [-0.1, -0.05) is 20.3 Å². The molecule has 2 aromatic heterocycles. The maximum atomic E-state index is 12.6. The van der Waals surface area contributed by atoms with Crippen LogP contribution >= 0.6 is 11.3 Å². The summed E-state index contributed by atoms with van der Waals surface area (Å²) in [6.45, 7) is 9.73. The minimum absolute atomic E-state index is 0.00862. The second-order valence-corrected chi connectivity index (χ2v) is 8.07. The monoisotopic (exact) mass is 381 g/mol. The van der Waals surface area contributed by atoms with E-state index < -0.39 is 17.7 Å². The van der Waals surface area contributed by atoms with Gasteiger partial charge >= 0.3 is 6.09 Å². The third-order valence-electron chi connectivity index (χ3n) is 3.94. The number of rotatable bonds is 7. The molecule has 0 aromatic carbocycles. The number of hydrogen-bond donors (Lipinski definition) is 2. The van der Waals surface area contributed by atoms with Crippen LogP contribution < -0.4 is 10.6 Å². The van der Waals surface area contributed by atoms with E-state index in [1.165, 1.54) is 17.7 Å². The van der Waals surface area contributed by atoms with Gasteiger partial charge in [0, 0.05) is 18.3 Å². The topological polar surface area (TPSA) is 97.6 Å². The molecule has 2 heterocycles. The van der Waals surface area contributed by atoms with Gasteiger partial charge in [0.05, 0.1) is 5.69 Å². The Hall–Kier alpha value is -2.16. The number of aromatic nitrogens is 3. The summed E-state index contributed by atoms with van der Waals surface area (Å²) in [7, 11) is 0. The average Bonchev–Trinajstić information content (AvgIpc) is 3.14. The SMILES string of the molecule is CCC(C)C(NC(=O)OC(C)(C)C)C(=O)NCCc1csc2ncnn12. The zero-order chi connectivity index (χ0) is 19.3. The fourth-order valence-corrected chi connectivity index (χ4v) is 3.24. The zero-order valence-corrected chi connectivity index (χ0v) is 16.7. The molecule has 2 atom stereocenters. The van der Waals surface area contributed by atoms with Crippen molar-refractivity contribution in [2.24, 2.45) is 5.92 Å². The molecule has 0 saturated heterocycles. The Kier molecular flexibility index (Phi) is 6.57. The molecule has 0 aliphatic rings. The summed E-state index contributed by atoms with van der Waals surface area (Å²) in [5.74, 6) is -0.221. The lowest BCUT2D eigenvalue weighted by Crippen LogP contribution is -2.51. The average molecular weight is 382 g/mol. The highest BCUT2D eigenvalue weighted by molar-refractivity contribution is 7.15. The number of nitrogens with one attached hydrogen (secondary N) is 2. The van der Waals surface area contributed by atoms with Gasteiger partial charge in [0.15, 0.2) is 0 Å². The van der Waals surface area contributed by atoms with Gasteiger partial charge in [-0.15, -0.1) is 11.3 Å². The number of thiazole rings is 1. The number of nitrogens with zero attached hydrogens (tertiary/aromatic N) is 3. The molecule has 0 saturated carbocycles. The summed E-state index contributed by atoms with van der Waals surface area (Å²) >= 11 is 1.51. The lowest BCUT2D eigenvalue weighted by Gasteiger charge is -2.26. The molecule has 2 rings (SSSR count). The Morgan fingerprint density at radius 3 is 2.77 bits per heavy atom. The Labute approximate surface area is 157 Å². The number of fused-ring (bicyclic) bond motifs is 1. The molecule has 2 aromatic rings. The molecule has 26 heavy (non-hydrogen) atoms. The molecule has 9 heteroatoms. The predicted molar refractivity (Wildman–Crippen MR) is 100 cm³/mol. The number of ether oxygens (including phenoxy) is 1. The molecule has 0 aliphatic carbocycles. The normalized spacial score (nSPS) is 14.0. The zero-order valence-electron chi connectivity index (χ0n) is 15.9. The number of amides is 2. The first-order valence-corrected chi connectivity index (χ1v) is 9.62. The van der Waals surface area contributed by atoms with E-state index in [0.717, 1.165) is 17.1 Å². The summed E-state index contributed by atoms with van der Waals surface area (Å²) in [6, 6.07) is -0.635. The number of carbonyl (C=O) groups excluding carboxylic acids is 2. The minimum atomic E-state index is -0.635. The lowest BCUT2D eigenvalue weighted by molar-refractivity contribution is -0.124. The standard InChI is InChI=1S/C17H27N5O3S/c1-6-11(2)13(21-16(24)25-17(3,4)5)14(23)18-8-7-12-9-26-15-19-10-20-22(12)15/h9-11,13H,6-8H2,1-5H3,(H,18,23)(H,21,24). The van der Waals surface area contributed by atoms with Gasteiger partial charge in [-0.05, 0) is 26.7 Å². The maximum Gasteiger partial charge on any atom is 0.408 e. The molecule has 0 spiro atoms. The van der Waals surface area contributed by atoms with Crippen molar-refractivity contribution in [1.29, 1.82) is 0 Å². The van der Waals surface area contributed by atoms with Crippen molar-refractivity contribution < 1.29 is 14.3 Å². The van der Waals surface area contributed by atoms with Crippen LogP contribution in [-0.2, 0) is 16.0 Å². The van der Waals surface area contributed by atoms with E-state index in [9.17, 15) is 9.59 Å². The van der Waals surface area contributed by atoms with E-state index in [1.54, 1.807) is 25.3 Å². The Bertz CT molecular complexity index is 749. The van der Waals surface area contributed by atoms with Crippen LogP contribution in [0.4, 0.5) is 4.79 Å². The number of hydrogen-bond acceptors (Lipinski definition) is 6. The first-order chi connectivity index (χ1) is 12.2. The van der Waals surface area contributed by atoms with E-state index >= 15 is 0 Å². The highest BCUT2D eigenvalue weighted by atomic mass is 32.1. The van der Waals surface area contributed by atoms with Crippen LogP contribution in [-0.4, -0.2) is 44.8 Å². The van der Waals surface area contributed by atoms with E-state index in [0.29, 0.717) is 13.0 Å². The second kappa shape index (κ2) is 8.48. The quantitative estimate of drug-likeness (QED) is 0.767. The van der Waals surface area contributed by atoms with Crippen LogP contribution in [0.3, 0.4) is 0 Å². The molecule has 2 N–H and O–H groups in total. The summed E-state index contributed by atoms with van der Waals surface area (Å²) in [6.07, 6.45) is 2.32. The van der Waals surface area contributed by atoms with Crippen molar-refractivity contribution in [2.45, 2.75) is 59.1 Å². The molecular weight excluding hydrogens is 354 g/mol. The molecule has 144 valence electrons. The summed E-state index contributed by atoms with van der Waals surface area (Å²) in [4.78, 5) is 29.6. The van der Waals surface area contributed by atoms with Crippen LogP contribution in [0.1, 0.15) is 46.7 Å². The second-order valence-electron chi connectivity index (χ2n) is 7.23. The van der Waals surface area contributed by atoms with Gasteiger partial charge in [0.1, 0.15) is 18.0 Å². The fourth-order valence-electron chi connectivity index (χ4n) is 2.40. The first-order valence-electron chi connectivity index (χ1n) is 8.74. The van der Waals surface area contributed by atoms with Crippen LogP contribution in [0, 0.1) is 5.92 Å². The van der Waals surface area contributed by atoms with Crippen molar-refractivity contribution in [1.82, 2.24) is 25.2 Å². The van der Waals surface area contributed by atoms with Crippen LogP contribution in [0.15, 0.2) is 11.7 Å². The largest absolute Gasteiger partial charge is 0.444 e. The molecule has 0 aliphatic heterocycles. The van der Waals surface area contributed by atoms with Gasteiger partial charge in [-0.2, -0.15) is 5.10 Å². The van der Waals surface area contributed by atoms with E-state index in [-0.39, 0.29) is 11.8 Å². The van der Waals surface area contributed by atoms with Crippen molar-refractivity contribution in [2.75, 3.05) is 6.54 Å². The van der Waals surface area contributed by atoms with Crippen LogP contribution in [0.25, 0.3) is 4.96 Å². The Balaban J connectivity index is 1.91. The summed E-state index contributed by atoms with van der Waals surface area (Å²) in [5, 5.41) is 11.7. The van der Waals surface area contributed by atoms with Crippen molar-refractivity contribution >= 4 is 28.3 Å². The van der Waals surface area contributed by atoms with Crippen molar-refractivity contribution in [3.05, 3.63) is 17.4 Å². The minimum Gasteiger partial charge on any atom is -0.444 e. The maximum absolute atomic E-state index is 12.6. The molecule has 2 amide bonds. The molecular formula is C17H27N5O3S. The van der Waals surface area contributed by atoms with Gasteiger partial charge in [0.2, 0.25) is 10.9 Å². The van der Waals surface area contributed by atoms with Crippen LogP contribution in [0.2, 0.25) is 0 Å². The smallest absolute Gasteiger partial charge is 0.408 e. The lowest BCUT2D eigenvalue weighted by atomic mass is 9.98. The van der Waals surface area contributed by atoms with E-state index in [2.05, 4.69) is 20.7 Å². The molecule has 2 unspecified atom stereocenters. The van der Waals surface area contributed by atoms with Crippen molar-refractivity contribution in [3.8, 4) is 0 Å². The molecule has 0 radical (unpaired) electrons. The van der Waals surface area contributed by atoms with Gasteiger partial charge in [-0.3, -0.25) is 4.79 Å². The highest BCUT2D eigenvalue weighted by Crippen LogP contribution is 2.13. The highest BCUT2D eigenvalue weighted by Gasteiger charge is 2.28. The van der Waals surface area contributed by atoms with Gasteiger partial charge < -0.3 is 15.4 Å². The molecule has 8 nitrogen and oxygen atoms in total. The van der Waals surface area contributed by atoms with Gasteiger partial charge in [-0.25, -0.2) is 14.3 Å². The number of alkyl carbamates (subject to hydrolysis) is 1. The van der Waals surface area contributed by atoms with Crippen LogP contribution in [0.5, 0.6) is 0 Å². The molecule has 0 fully saturated rings. The first kappa shape index (κ1) is 20.2. The van der Waals surface area contributed by atoms with E-state index in [1.807, 2.05) is 19.2 Å².